The van der Waals surface area contributed by atoms with Crippen LogP contribution in [-0.4, -0.2) is 31.9 Å². The van der Waals surface area contributed by atoms with Gasteiger partial charge >= 0.3 is 0 Å². The van der Waals surface area contributed by atoms with Gasteiger partial charge in [-0.2, -0.15) is 0 Å². The van der Waals surface area contributed by atoms with Crippen molar-refractivity contribution < 1.29 is 9.53 Å². The molecule has 0 saturated heterocycles. The maximum atomic E-state index is 13.3. The summed E-state index contributed by atoms with van der Waals surface area (Å²) in [6.07, 6.45) is 2.11. The number of nitrogens with zero attached hydrogens (tertiary/aromatic N) is 1. The Bertz CT molecular complexity index is 2690. The van der Waals surface area contributed by atoms with Gasteiger partial charge in [0.1, 0.15) is 5.76 Å². The highest BCUT2D eigenvalue weighted by atomic mass is 32.2. The average Bonchev–Trinajstić information content (AvgIpc) is 3.27. The maximum Gasteiger partial charge on any atom is 0.224 e. The number of rotatable bonds is 9. The van der Waals surface area contributed by atoms with Crippen LogP contribution >= 0.6 is 11.8 Å². The number of thioether (sulfide) groups is 1. The molecule has 278 valence electrons. The average molecular weight is 759 g/mol. The molecule has 1 aliphatic heterocycles. The fraction of sp³-hybridized carbons (Fsp3) is 0.135. The Kier molecular flexibility index (Phi) is 11.7. The molecule has 57 heavy (non-hydrogen) atoms. The van der Waals surface area contributed by atoms with Crippen LogP contribution in [0.5, 0.6) is 0 Å². The molecule has 7 aromatic carbocycles. The third-order valence-corrected chi connectivity index (χ3v) is 11.1. The van der Waals surface area contributed by atoms with Gasteiger partial charge in [-0.1, -0.05) is 133 Å². The van der Waals surface area contributed by atoms with Crippen LogP contribution in [0.3, 0.4) is 0 Å². The summed E-state index contributed by atoms with van der Waals surface area (Å²) in [6, 6.07) is 53.5. The number of anilines is 2. The monoisotopic (exact) mass is 758 g/mol. The normalized spacial score (nSPS) is 12.2. The molecule has 0 fully saturated rings. The van der Waals surface area contributed by atoms with Crippen molar-refractivity contribution in [1.82, 2.24) is 0 Å². The lowest BCUT2D eigenvalue weighted by molar-refractivity contribution is -0.116. The second kappa shape index (κ2) is 17.9. The predicted octanol–water partition coefficient (Wildman–Crippen LogP) is 11.6. The smallest absolute Gasteiger partial charge is 0.224 e. The van der Waals surface area contributed by atoms with Crippen molar-refractivity contribution in [1.29, 1.82) is 0 Å². The molecule has 7 aromatic rings. The molecule has 5 heteroatoms. The van der Waals surface area contributed by atoms with E-state index in [-0.39, 0.29) is 5.91 Å². The Labute approximate surface area is 339 Å². The molecule has 1 N–H and O–H groups in total. The van der Waals surface area contributed by atoms with E-state index in [2.05, 4.69) is 102 Å². The lowest BCUT2D eigenvalue weighted by atomic mass is 9.91. The molecule has 0 bridgehead atoms. The number of amides is 1. The lowest BCUT2D eigenvalue weighted by Gasteiger charge is -2.23. The second-order valence-corrected chi connectivity index (χ2v) is 15.1. The van der Waals surface area contributed by atoms with Gasteiger partial charge in [0.2, 0.25) is 5.91 Å². The van der Waals surface area contributed by atoms with Crippen molar-refractivity contribution in [2.24, 2.45) is 0 Å². The molecular formula is C52H42N2O2S. The van der Waals surface area contributed by atoms with E-state index in [0.29, 0.717) is 13.0 Å². The molecule has 0 unspecified atom stereocenters. The molecule has 0 aliphatic carbocycles. The van der Waals surface area contributed by atoms with E-state index in [1.807, 2.05) is 109 Å². The van der Waals surface area contributed by atoms with E-state index in [1.54, 1.807) is 0 Å². The summed E-state index contributed by atoms with van der Waals surface area (Å²) in [4.78, 5) is 16.8. The Morgan fingerprint density at radius 3 is 1.86 bits per heavy atom. The first-order valence-electron chi connectivity index (χ1n) is 19.4. The number of carbonyl (C=O) groups excluding carboxylic acids is 1. The summed E-state index contributed by atoms with van der Waals surface area (Å²) in [5.41, 5.74) is 7.93. The van der Waals surface area contributed by atoms with Crippen LogP contribution in [0.4, 0.5) is 11.4 Å². The Morgan fingerprint density at radius 2 is 1.21 bits per heavy atom. The Balaban J connectivity index is 0.966. The quantitative estimate of drug-likeness (QED) is 0.0904. The maximum absolute atomic E-state index is 13.3. The van der Waals surface area contributed by atoms with Crippen LogP contribution < -0.4 is 10.2 Å². The van der Waals surface area contributed by atoms with Gasteiger partial charge in [0.15, 0.2) is 0 Å². The highest BCUT2D eigenvalue weighted by Crippen LogP contribution is 2.40. The van der Waals surface area contributed by atoms with E-state index < -0.39 is 0 Å². The number of hydrogen-bond acceptors (Lipinski definition) is 4. The standard InChI is InChI=1S/C52H42N2O2S/c1-54(43-29-26-41(27-30-43)52-51(56-35-36-57-52)40-19-9-4-10-20-40)34-14-13-23-50(55)53-42-28-33-48-46(31-24-38-15-5-2-6-16-38)44-21-11-12-22-45(44)47(49(48)37-42)32-25-39-17-7-3-8-18-39/h2-12,15-22,26-30,33,37H,13-14,23,34-36H2,1H3,(H,53,55). The number of ether oxygens (including phenoxy) is 1. The first-order chi connectivity index (χ1) is 28.1. The van der Waals surface area contributed by atoms with Crippen molar-refractivity contribution in [2.45, 2.75) is 19.3 Å². The number of unbranched alkanes of at least 4 members (excludes halogenated alkanes) is 1. The number of hydrogen-bond donors (Lipinski definition) is 1. The molecule has 0 saturated carbocycles. The topological polar surface area (TPSA) is 41.6 Å². The van der Waals surface area contributed by atoms with Gasteiger partial charge in [-0.05, 0) is 83.1 Å². The molecule has 0 spiro atoms. The van der Waals surface area contributed by atoms with Gasteiger partial charge < -0.3 is 15.0 Å². The van der Waals surface area contributed by atoms with Gasteiger partial charge in [0.05, 0.1) is 11.5 Å². The Hall–Kier alpha value is -6.66. The zero-order valence-electron chi connectivity index (χ0n) is 31.9. The minimum atomic E-state index is -0.00199. The third-order valence-electron chi connectivity index (χ3n) is 10.1. The number of nitrogens with one attached hydrogen (secondary N) is 1. The van der Waals surface area contributed by atoms with E-state index in [9.17, 15) is 4.79 Å². The Morgan fingerprint density at radius 1 is 0.632 bits per heavy atom. The van der Waals surface area contributed by atoms with Crippen molar-refractivity contribution in [3.63, 3.8) is 0 Å². The number of benzene rings is 7. The summed E-state index contributed by atoms with van der Waals surface area (Å²) in [7, 11) is 2.11. The molecule has 0 radical (unpaired) electrons. The summed E-state index contributed by atoms with van der Waals surface area (Å²) in [6.45, 7) is 1.57. The van der Waals surface area contributed by atoms with Crippen LogP contribution in [0, 0.1) is 23.7 Å². The number of fused-ring (bicyclic) bond motifs is 2. The molecule has 4 nitrogen and oxygen atoms in total. The molecular weight excluding hydrogens is 717 g/mol. The second-order valence-electron chi connectivity index (χ2n) is 14.0. The zero-order chi connectivity index (χ0) is 38.8. The van der Waals surface area contributed by atoms with Crippen molar-refractivity contribution in [3.05, 3.63) is 191 Å². The highest BCUT2D eigenvalue weighted by molar-refractivity contribution is 8.08. The molecule has 1 aliphatic rings. The van der Waals surface area contributed by atoms with Crippen LogP contribution in [0.25, 0.3) is 32.2 Å². The van der Waals surface area contributed by atoms with Crippen LogP contribution in [0.2, 0.25) is 0 Å². The molecule has 1 heterocycles. The summed E-state index contributed by atoms with van der Waals surface area (Å²) < 4.78 is 6.13. The van der Waals surface area contributed by atoms with Crippen LogP contribution in [0.15, 0.2) is 158 Å². The van der Waals surface area contributed by atoms with Crippen LogP contribution in [0.1, 0.15) is 52.6 Å². The van der Waals surface area contributed by atoms with E-state index in [1.165, 1.54) is 10.5 Å². The first-order valence-corrected chi connectivity index (χ1v) is 20.4. The van der Waals surface area contributed by atoms with Crippen molar-refractivity contribution in [2.75, 3.05) is 36.2 Å². The lowest BCUT2D eigenvalue weighted by Crippen LogP contribution is -2.19. The summed E-state index contributed by atoms with van der Waals surface area (Å²) in [5, 5.41) is 7.23. The van der Waals surface area contributed by atoms with Crippen molar-refractivity contribution >= 4 is 61.3 Å². The van der Waals surface area contributed by atoms with E-state index >= 15 is 0 Å². The van der Waals surface area contributed by atoms with Gasteiger partial charge in [0.25, 0.3) is 0 Å². The first kappa shape index (κ1) is 37.3. The van der Waals surface area contributed by atoms with Crippen molar-refractivity contribution in [3.8, 4) is 23.7 Å². The van der Waals surface area contributed by atoms with E-state index in [4.69, 9.17) is 4.74 Å². The summed E-state index contributed by atoms with van der Waals surface area (Å²) >= 11 is 1.85. The van der Waals surface area contributed by atoms with Gasteiger partial charge in [-0.3, -0.25) is 4.79 Å². The fourth-order valence-corrected chi connectivity index (χ4v) is 8.11. The van der Waals surface area contributed by atoms with Gasteiger partial charge in [0, 0.05) is 70.3 Å². The molecule has 0 atom stereocenters. The van der Waals surface area contributed by atoms with Gasteiger partial charge in [-0.15, -0.1) is 11.8 Å². The van der Waals surface area contributed by atoms with E-state index in [0.717, 1.165) is 91.6 Å². The minimum Gasteiger partial charge on any atom is -0.491 e. The largest absolute Gasteiger partial charge is 0.491 e. The molecule has 1 amide bonds. The third kappa shape index (κ3) is 8.92. The fourth-order valence-electron chi connectivity index (χ4n) is 7.13. The molecule has 8 rings (SSSR count). The zero-order valence-corrected chi connectivity index (χ0v) is 32.7. The molecule has 0 aromatic heterocycles. The predicted molar refractivity (Wildman–Crippen MR) is 240 cm³/mol. The SMILES string of the molecule is CN(CCCCC(=O)Nc1ccc2c(C#Cc3ccccc3)c3ccccc3c(C#Cc3ccccc3)c2c1)c1ccc(C2=C(c3ccccc3)OCCS2)cc1. The highest BCUT2D eigenvalue weighted by Gasteiger charge is 2.19. The number of carbonyl (C=O) groups is 1. The summed E-state index contributed by atoms with van der Waals surface area (Å²) in [5.74, 6) is 15.6. The van der Waals surface area contributed by atoms with Crippen LogP contribution in [-0.2, 0) is 9.53 Å². The van der Waals surface area contributed by atoms with Gasteiger partial charge in [-0.25, -0.2) is 0 Å². The minimum absolute atomic E-state index is 0.00199.